The lowest BCUT2D eigenvalue weighted by Crippen LogP contribution is -2.67. The Labute approximate surface area is 183 Å². The summed E-state index contributed by atoms with van der Waals surface area (Å²) in [5, 5.41) is 11.0. The molecule has 3 aromatic rings. The number of fused-ring (bicyclic) bond motifs is 3. The van der Waals surface area contributed by atoms with Crippen molar-refractivity contribution in [2.24, 2.45) is 11.7 Å². The van der Waals surface area contributed by atoms with E-state index in [9.17, 15) is 9.90 Å². The number of rotatable bonds is 4. The van der Waals surface area contributed by atoms with Gasteiger partial charge in [0.2, 0.25) is 0 Å². The van der Waals surface area contributed by atoms with Crippen molar-refractivity contribution in [3.63, 3.8) is 0 Å². The third-order valence-electron chi connectivity index (χ3n) is 7.60. The van der Waals surface area contributed by atoms with Crippen LogP contribution in [0.25, 0.3) is 11.1 Å². The maximum absolute atomic E-state index is 13.4. The lowest BCUT2D eigenvalue weighted by atomic mass is 9.76. The summed E-state index contributed by atoms with van der Waals surface area (Å²) in [4.78, 5) is 13.4. The van der Waals surface area contributed by atoms with E-state index in [1.54, 1.807) is 0 Å². The van der Waals surface area contributed by atoms with Crippen molar-refractivity contribution in [2.45, 2.75) is 31.3 Å². The number of quaternary nitrogens is 1. The van der Waals surface area contributed by atoms with Gasteiger partial charge in [-0.15, -0.1) is 0 Å². The number of hydrogen-bond acceptors (Lipinski definition) is 2. The molecule has 5 rings (SSSR count). The number of carbonyl (C=O) groups is 1. The second-order valence-corrected chi connectivity index (χ2v) is 9.03. The van der Waals surface area contributed by atoms with Gasteiger partial charge in [-0.05, 0) is 31.0 Å². The van der Waals surface area contributed by atoms with Crippen LogP contribution in [0.4, 0.5) is 4.79 Å². The molecule has 1 saturated heterocycles. The van der Waals surface area contributed by atoms with Crippen molar-refractivity contribution in [2.75, 3.05) is 13.1 Å². The predicted octanol–water partition coefficient (Wildman–Crippen LogP) is 5.21. The van der Waals surface area contributed by atoms with Crippen LogP contribution in [0.5, 0.6) is 0 Å². The molecule has 0 radical (unpaired) electrons. The van der Waals surface area contributed by atoms with Crippen molar-refractivity contribution in [1.82, 2.24) is 0 Å². The van der Waals surface area contributed by atoms with E-state index in [0.29, 0.717) is 13.1 Å². The van der Waals surface area contributed by atoms with Gasteiger partial charge in [0.15, 0.2) is 5.54 Å². The van der Waals surface area contributed by atoms with Crippen LogP contribution in [0, 0.1) is 5.92 Å². The van der Waals surface area contributed by atoms with E-state index in [2.05, 4.69) is 43.3 Å². The van der Waals surface area contributed by atoms with Gasteiger partial charge in [0, 0.05) is 29.0 Å². The van der Waals surface area contributed by atoms with Gasteiger partial charge in [-0.1, -0.05) is 78.9 Å². The van der Waals surface area contributed by atoms with Gasteiger partial charge in [-0.3, -0.25) is 0 Å². The quantitative estimate of drug-likeness (QED) is 0.577. The van der Waals surface area contributed by atoms with E-state index >= 15 is 0 Å². The fraction of sp³-hybridized carbons (Fsp3) is 0.296. The van der Waals surface area contributed by atoms with E-state index in [-0.39, 0.29) is 16.4 Å². The highest BCUT2D eigenvalue weighted by Crippen LogP contribution is 2.60. The lowest BCUT2D eigenvalue weighted by Gasteiger charge is -2.49. The SMILES string of the molecule is C[C@@H]1CC(CCN)C[N+]1(C(=O)O)C1(c2ccccc2)c2ccccc2-c2ccccc21. The number of nitrogens with zero attached hydrogens (tertiary/aromatic N) is 1. The molecule has 3 aromatic carbocycles. The standard InChI is InChI=1S/C27H28N2O2/c1-19-17-20(15-16-28)18-29(19,26(30)31)27(21-9-3-2-4-10-21)24-13-7-5-11-22(24)23-12-6-8-14-25(23)27/h2-14,19-20H,15-18,28H2,1H3/p+1/t19-,20?,29?/m1/s1. The Hall–Kier alpha value is -2.95. The van der Waals surface area contributed by atoms with Crippen LogP contribution in [-0.2, 0) is 5.54 Å². The zero-order valence-corrected chi connectivity index (χ0v) is 17.9. The number of likely N-dealkylation sites (tertiary alicyclic amines) is 1. The minimum absolute atomic E-state index is 0.0181. The maximum atomic E-state index is 13.4. The molecule has 3 atom stereocenters. The Morgan fingerprint density at radius 1 is 0.968 bits per heavy atom. The highest BCUT2D eigenvalue weighted by molar-refractivity contribution is 5.83. The second-order valence-electron chi connectivity index (χ2n) is 9.03. The first-order chi connectivity index (χ1) is 15.1. The van der Waals surface area contributed by atoms with Gasteiger partial charge in [0.25, 0.3) is 0 Å². The summed E-state index contributed by atoms with van der Waals surface area (Å²) in [6.45, 7) is 3.27. The molecule has 1 fully saturated rings. The van der Waals surface area contributed by atoms with Gasteiger partial charge in [0.1, 0.15) is 0 Å². The van der Waals surface area contributed by atoms with E-state index in [1.165, 1.54) is 0 Å². The van der Waals surface area contributed by atoms with E-state index in [1.807, 2.05) is 42.5 Å². The Morgan fingerprint density at radius 2 is 1.52 bits per heavy atom. The molecule has 1 heterocycles. The summed E-state index contributed by atoms with van der Waals surface area (Å²) in [7, 11) is 0. The summed E-state index contributed by atoms with van der Waals surface area (Å²) in [5.41, 5.74) is 10.6. The fourth-order valence-electron chi connectivity index (χ4n) is 6.51. The van der Waals surface area contributed by atoms with Gasteiger partial charge < -0.3 is 10.8 Å². The normalized spacial score (nSPS) is 25.7. The number of amides is 1. The van der Waals surface area contributed by atoms with E-state index < -0.39 is 11.6 Å². The average Bonchev–Trinajstić information content (AvgIpc) is 3.28. The van der Waals surface area contributed by atoms with Crippen LogP contribution < -0.4 is 5.73 Å². The van der Waals surface area contributed by atoms with Gasteiger partial charge >= 0.3 is 6.09 Å². The predicted molar refractivity (Wildman–Crippen MR) is 123 cm³/mol. The molecular weight excluding hydrogens is 384 g/mol. The molecule has 2 aliphatic rings. The molecule has 0 bridgehead atoms. The second kappa shape index (κ2) is 7.33. The molecule has 1 aliphatic heterocycles. The molecule has 0 saturated carbocycles. The molecule has 0 aromatic heterocycles. The zero-order chi connectivity index (χ0) is 21.6. The molecule has 1 aliphatic carbocycles. The third-order valence-corrected chi connectivity index (χ3v) is 7.60. The number of nitrogens with two attached hydrogens (primary N) is 1. The third kappa shape index (κ3) is 2.52. The Balaban J connectivity index is 1.92. The van der Waals surface area contributed by atoms with Crippen molar-refractivity contribution in [3.05, 3.63) is 95.6 Å². The molecule has 4 nitrogen and oxygen atoms in total. The van der Waals surface area contributed by atoms with Gasteiger partial charge in [0.05, 0.1) is 12.6 Å². The van der Waals surface area contributed by atoms with Gasteiger partial charge in [-0.2, -0.15) is 4.79 Å². The topological polar surface area (TPSA) is 63.3 Å². The molecule has 31 heavy (non-hydrogen) atoms. The largest absolute Gasteiger partial charge is 0.515 e. The first-order valence-corrected chi connectivity index (χ1v) is 11.1. The number of carboxylic acid groups (broad SMARTS) is 1. The van der Waals surface area contributed by atoms with Crippen molar-refractivity contribution in [3.8, 4) is 11.1 Å². The molecule has 4 heteroatoms. The van der Waals surface area contributed by atoms with Crippen molar-refractivity contribution >= 4 is 6.09 Å². The van der Waals surface area contributed by atoms with Crippen LogP contribution >= 0.6 is 0 Å². The highest BCUT2D eigenvalue weighted by atomic mass is 16.4. The minimum Gasteiger partial charge on any atom is -0.435 e. The van der Waals surface area contributed by atoms with Crippen LogP contribution in [0.3, 0.4) is 0 Å². The lowest BCUT2D eigenvalue weighted by molar-refractivity contribution is -0.914. The van der Waals surface area contributed by atoms with Crippen LogP contribution in [0.1, 0.15) is 36.5 Å². The molecule has 1 amide bonds. The van der Waals surface area contributed by atoms with Crippen molar-refractivity contribution in [1.29, 1.82) is 0 Å². The first kappa shape index (κ1) is 20.0. The highest BCUT2D eigenvalue weighted by Gasteiger charge is 2.68. The molecule has 158 valence electrons. The first-order valence-electron chi connectivity index (χ1n) is 11.1. The summed E-state index contributed by atoms with van der Waals surface area (Å²) < 4.78 is -0.0181. The van der Waals surface area contributed by atoms with Gasteiger partial charge in [-0.25, -0.2) is 4.48 Å². The Kier molecular flexibility index (Phi) is 4.72. The molecule has 3 N–H and O–H groups in total. The molecular formula is C27H29N2O2+. The summed E-state index contributed by atoms with van der Waals surface area (Å²) in [6.07, 6.45) is 0.955. The maximum Gasteiger partial charge on any atom is 0.515 e. The van der Waals surface area contributed by atoms with E-state index in [0.717, 1.165) is 40.7 Å². The summed E-state index contributed by atoms with van der Waals surface area (Å²) >= 11 is 0. The average molecular weight is 414 g/mol. The number of benzene rings is 3. The molecule has 2 unspecified atom stereocenters. The smallest absolute Gasteiger partial charge is 0.435 e. The van der Waals surface area contributed by atoms with Crippen molar-refractivity contribution < 1.29 is 14.4 Å². The monoisotopic (exact) mass is 413 g/mol. The van der Waals surface area contributed by atoms with Crippen LogP contribution in [0.2, 0.25) is 0 Å². The fourth-order valence-corrected chi connectivity index (χ4v) is 6.51. The minimum atomic E-state index is -0.803. The van der Waals surface area contributed by atoms with Crippen LogP contribution in [-0.4, -0.2) is 34.8 Å². The molecule has 0 spiro atoms. The Bertz CT molecular complexity index is 1080. The van der Waals surface area contributed by atoms with E-state index in [4.69, 9.17) is 5.73 Å². The summed E-state index contributed by atoms with van der Waals surface area (Å²) in [6, 6.07) is 26.9. The zero-order valence-electron chi connectivity index (χ0n) is 17.9. The number of hydrogen-bond donors (Lipinski definition) is 2. The summed E-state index contributed by atoms with van der Waals surface area (Å²) in [5.74, 6) is 0.289. The Morgan fingerprint density at radius 3 is 2.06 bits per heavy atom. The van der Waals surface area contributed by atoms with Crippen LogP contribution in [0.15, 0.2) is 78.9 Å².